The first-order chi connectivity index (χ1) is 10.6. The Morgan fingerprint density at radius 1 is 1.24 bits per heavy atom. The van der Waals surface area contributed by atoms with E-state index in [4.69, 9.17) is 10.2 Å². The summed E-state index contributed by atoms with van der Waals surface area (Å²) in [5.74, 6) is 0.969. The Morgan fingerprint density at radius 3 is 2.36 bits per heavy atom. The van der Waals surface area contributed by atoms with Crippen LogP contribution in [0.1, 0.15) is 30.0 Å². The van der Waals surface area contributed by atoms with E-state index >= 15 is 0 Å². The monoisotopic (exact) mass is 416 g/mol. The van der Waals surface area contributed by atoms with Crippen LogP contribution in [0.5, 0.6) is 0 Å². The number of carbonyl (C=O) groups is 1. The highest BCUT2D eigenvalue weighted by molar-refractivity contribution is 5.93. The lowest BCUT2D eigenvalue weighted by Crippen LogP contribution is -2.48. The molecule has 0 saturated carbocycles. The number of likely N-dealkylation sites (N-methyl/N-ethyl adjacent to an activating group) is 1. The number of piperazine rings is 1. The first kappa shape index (κ1) is 26.7. The molecule has 2 rings (SSSR count). The van der Waals surface area contributed by atoms with E-state index in [2.05, 4.69) is 29.0 Å². The van der Waals surface area contributed by atoms with E-state index in [0.717, 1.165) is 39.3 Å². The Hall–Kier alpha value is -0.500. The van der Waals surface area contributed by atoms with Crippen LogP contribution in [0.2, 0.25) is 0 Å². The fourth-order valence-electron chi connectivity index (χ4n) is 2.77. The van der Waals surface area contributed by atoms with Crippen LogP contribution in [-0.2, 0) is 6.54 Å². The smallest absolute Gasteiger partial charge is 0.254 e. The van der Waals surface area contributed by atoms with Gasteiger partial charge in [-0.1, -0.05) is 13.8 Å². The molecule has 1 aromatic heterocycles. The normalized spacial score (nSPS) is 16.1. The average Bonchev–Trinajstić information content (AvgIpc) is 3.02. The third-order valence-corrected chi connectivity index (χ3v) is 4.21. The molecule has 0 aliphatic carbocycles. The van der Waals surface area contributed by atoms with Crippen molar-refractivity contribution in [2.75, 3.05) is 45.8 Å². The van der Waals surface area contributed by atoms with Crippen molar-refractivity contribution in [3.63, 3.8) is 0 Å². The molecule has 0 aromatic carbocycles. The van der Waals surface area contributed by atoms with Gasteiger partial charge in [0, 0.05) is 39.3 Å². The van der Waals surface area contributed by atoms with E-state index in [1.165, 1.54) is 6.26 Å². The van der Waals surface area contributed by atoms with Gasteiger partial charge in [-0.25, -0.2) is 0 Å². The maximum Gasteiger partial charge on any atom is 0.254 e. The summed E-state index contributed by atoms with van der Waals surface area (Å²) in [6.45, 7) is 12.1. The van der Waals surface area contributed by atoms with Crippen molar-refractivity contribution in [3.05, 3.63) is 23.7 Å². The number of nitrogens with one attached hydrogen (secondary N) is 1. The predicted octanol–water partition coefficient (Wildman–Crippen LogP) is 2.01. The SMILES string of the molecule is CCN1CCN(CC(C)CNC(=O)c2coc(CN)c2)CC1.Cl.Cl.Cl. The van der Waals surface area contributed by atoms with Gasteiger partial charge in [0.15, 0.2) is 0 Å². The highest BCUT2D eigenvalue weighted by Crippen LogP contribution is 2.08. The predicted molar refractivity (Wildman–Crippen MR) is 108 cm³/mol. The number of amides is 1. The minimum atomic E-state index is -0.0916. The zero-order chi connectivity index (χ0) is 15.9. The summed E-state index contributed by atoms with van der Waals surface area (Å²) >= 11 is 0. The van der Waals surface area contributed by atoms with Crippen LogP contribution in [-0.4, -0.2) is 61.5 Å². The number of nitrogens with two attached hydrogens (primary N) is 1. The third-order valence-electron chi connectivity index (χ3n) is 4.21. The van der Waals surface area contributed by atoms with Crippen molar-refractivity contribution in [1.82, 2.24) is 15.1 Å². The highest BCUT2D eigenvalue weighted by atomic mass is 35.5. The fraction of sp³-hybridized carbons (Fsp3) is 0.688. The molecule has 2 heterocycles. The number of hydrogen-bond donors (Lipinski definition) is 2. The van der Waals surface area contributed by atoms with Gasteiger partial charge in [-0.2, -0.15) is 0 Å². The molecule has 3 N–H and O–H groups in total. The second-order valence-electron chi connectivity index (χ2n) is 6.06. The van der Waals surface area contributed by atoms with E-state index < -0.39 is 0 Å². The van der Waals surface area contributed by atoms with Crippen molar-refractivity contribution in [1.29, 1.82) is 0 Å². The molecular formula is C16H31Cl3N4O2. The zero-order valence-corrected chi connectivity index (χ0v) is 17.4. The number of halogens is 3. The van der Waals surface area contributed by atoms with Gasteiger partial charge in [-0.3, -0.25) is 4.79 Å². The molecule has 1 aliphatic rings. The van der Waals surface area contributed by atoms with Gasteiger partial charge in [-0.15, -0.1) is 37.2 Å². The fourth-order valence-corrected chi connectivity index (χ4v) is 2.77. The molecule has 148 valence electrons. The zero-order valence-electron chi connectivity index (χ0n) is 14.9. The standard InChI is InChI=1S/C16H28N4O2.3ClH/c1-3-19-4-6-20(7-5-19)11-13(2)10-18-16(21)14-8-15(9-17)22-12-14;;;/h8,12-13H,3-7,9-11,17H2,1-2H3,(H,18,21);3*1H. The summed E-state index contributed by atoms with van der Waals surface area (Å²) in [5.41, 5.74) is 6.02. The minimum Gasteiger partial charge on any atom is -0.467 e. The molecule has 0 bridgehead atoms. The highest BCUT2D eigenvalue weighted by Gasteiger charge is 2.18. The number of carbonyl (C=O) groups excluding carboxylic acids is 1. The first-order valence-corrected chi connectivity index (χ1v) is 8.12. The van der Waals surface area contributed by atoms with Crippen LogP contribution in [0.4, 0.5) is 0 Å². The Balaban J connectivity index is 0. The first-order valence-electron chi connectivity index (χ1n) is 8.12. The largest absolute Gasteiger partial charge is 0.467 e. The number of hydrogen-bond acceptors (Lipinski definition) is 5. The maximum absolute atomic E-state index is 12.0. The van der Waals surface area contributed by atoms with E-state index in [9.17, 15) is 4.79 Å². The molecule has 25 heavy (non-hydrogen) atoms. The Labute approximate surface area is 169 Å². The summed E-state index contributed by atoms with van der Waals surface area (Å²) < 4.78 is 5.19. The molecule has 1 amide bonds. The minimum absolute atomic E-state index is 0. The van der Waals surface area contributed by atoms with Gasteiger partial charge in [0.05, 0.1) is 12.1 Å². The summed E-state index contributed by atoms with van der Waals surface area (Å²) in [4.78, 5) is 17.0. The van der Waals surface area contributed by atoms with Crippen molar-refractivity contribution >= 4 is 43.1 Å². The second-order valence-corrected chi connectivity index (χ2v) is 6.06. The Bertz CT molecular complexity index is 480. The van der Waals surface area contributed by atoms with E-state index in [1.807, 2.05) is 0 Å². The van der Waals surface area contributed by atoms with Crippen LogP contribution >= 0.6 is 37.2 Å². The van der Waals surface area contributed by atoms with Gasteiger partial charge in [-0.05, 0) is 18.5 Å². The van der Waals surface area contributed by atoms with Crippen LogP contribution < -0.4 is 11.1 Å². The third kappa shape index (κ3) is 8.62. The molecule has 1 unspecified atom stereocenters. The lowest BCUT2D eigenvalue weighted by atomic mass is 10.1. The van der Waals surface area contributed by atoms with Crippen LogP contribution in [0.3, 0.4) is 0 Å². The molecule has 1 saturated heterocycles. The van der Waals surface area contributed by atoms with E-state index in [1.54, 1.807) is 6.07 Å². The molecule has 1 aromatic rings. The summed E-state index contributed by atoms with van der Waals surface area (Å²) in [6.07, 6.45) is 1.46. The Kier molecular flexibility index (Phi) is 14.6. The van der Waals surface area contributed by atoms with Gasteiger partial charge in [0.25, 0.3) is 5.91 Å². The number of nitrogens with zero attached hydrogens (tertiary/aromatic N) is 2. The molecule has 1 fully saturated rings. The molecule has 0 spiro atoms. The van der Waals surface area contributed by atoms with Crippen LogP contribution in [0.25, 0.3) is 0 Å². The Morgan fingerprint density at radius 2 is 1.84 bits per heavy atom. The average molecular weight is 418 g/mol. The van der Waals surface area contributed by atoms with Gasteiger partial charge >= 0.3 is 0 Å². The summed E-state index contributed by atoms with van der Waals surface area (Å²) in [7, 11) is 0. The molecule has 1 atom stereocenters. The van der Waals surface area contributed by atoms with Crippen molar-refractivity contribution in [3.8, 4) is 0 Å². The maximum atomic E-state index is 12.0. The summed E-state index contributed by atoms with van der Waals surface area (Å²) in [5, 5.41) is 2.97. The molecular weight excluding hydrogens is 387 g/mol. The van der Waals surface area contributed by atoms with Crippen molar-refractivity contribution in [2.24, 2.45) is 11.7 Å². The van der Waals surface area contributed by atoms with Gasteiger partial charge in [0.1, 0.15) is 12.0 Å². The molecule has 6 nitrogen and oxygen atoms in total. The molecule has 1 aliphatic heterocycles. The van der Waals surface area contributed by atoms with Crippen LogP contribution in [0.15, 0.2) is 16.7 Å². The van der Waals surface area contributed by atoms with Gasteiger partial charge in [0.2, 0.25) is 0 Å². The quantitative estimate of drug-likeness (QED) is 0.710. The van der Waals surface area contributed by atoms with Crippen molar-refractivity contribution < 1.29 is 9.21 Å². The van der Waals surface area contributed by atoms with E-state index in [0.29, 0.717) is 30.3 Å². The lowest BCUT2D eigenvalue weighted by molar-refractivity contribution is 0.0933. The van der Waals surface area contributed by atoms with Gasteiger partial charge < -0.3 is 25.3 Å². The van der Waals surface area contributed by atoms with E-state index in [-0.39, 0.29) is 43.1 Å². The van der Waals surface area contributed by atoms with Crippen molar-refractivity contribution in [2.45, 2.75) is 20.4 Å². The molecule has 9 heteroatoms. The topological polar surface area (TPSA) is 74.7 Å². The molecule has 0 radical (unpaired) electrons. The lowest BCUT2D eigenvalue weighted by Gasteiger charge is -2.35. The number of rotatable bonds is 7. The summed E-state index contributed by atoms with van der Waals surface area (Å²) in [6, 6.07) is 1.70. The second kappa shape index (κ2) is 13.7. The number of furan rings is 1. The van der Waals surface area contributed by atoms with Crippen LogP contribution in [0, 0.1) is 5.92 Å².